The molecule has 1 aromatic rings. The van der Waals surface area contributed by atoms with Crippen LogP contribution in [0.2, 0.25) is 5.02 Å². The van der Waals surface area contributed by atoms with Gasteiger partial charge in [-0.05, 0) is 56.5 Å². The molecule has 138 valence electrons. The molecule has 1 aliphatic heterocycles. The third-order valence-electron chi connectivity index (χ3n) is 5.60. The fraction of sp³-hybridized carbons (Fsp3) is 0.650. The van der Waals surface area contributed by atoms with E-state index in [0.717, 1.165) is 44.3 Å². The quantitative estimate of drug-likeness (QED) is 0.840. The van der Waals surface area contributed by atoms with E-state index in [0.29, 0.717) is 17.6 Å². The van der Waals surface area contributed by atoms with Crippen LogP contribution in [0.15, 0.2) is 24.3 Å². The zero-order chi connectivity index (χ0) is 17.6. The van der Waals surface area contributed by atoms with Gasteiger partial charge in [0.15, 0.2) is 0 Å². The molecule has 1 amide bonds. The van der Waals surface area contributed by atoms with E-state index in [4.69, 9.17) is 11.6 Å². The average molecular weight is 365 g/mol. The summed E-state index contributed by atoms with van der Waals surface area (Å²) in [5.41, 5.74) is 0.890. The lowest BCUT2D eigenvalue weighted by Gasteiger charge is -2.33. The van der Waals surface area contributed by atoms with Crippen LogP contribution in [0.1, 0.15) is 56.6 Å². The summed E-state index contributed by atoms with van der Waals surface area (Å²) in [4.78, 5) is 14.7. The van der Waals surface area contributed by atoms with E-state index in [1.807, 2.05) is 24.3 Å². The number of hydrogen-bond acceptors (Lipinski definition) is 3. The Morgan fingerprint density at radius 2 is 1.76 bits per heavy atom. The molecule has 0 spiro atoms. The van der Waals surface area contributed by atoms with Crippen molar-refractivity contribution in [3.63, 3.8) is 0 Å². The van der Waals surface area contributed by atoms with E-state index in [1.165, 1.54) is 19.3 Å². The van der Waals surface area contributed by atoms with Crippen LogP contribution in [-0.4, -0.2) is 41.6 Å². The fourth-order valence-electron chi connectivity index (χ4n) is 3.98. The molecule has 1 atom stereocenters. The molecule has 0 aromatic heterocycles. The number of benzene rings is 1. The number of aliphatic hydroxyl groups is 1. The van der Waals surface area contributed by atoms with Crippen molar-refractivity contribution in [3.05, 3.63) is 34.9 Å². The second-order valence-corrected chi connectivity index (χ2v) is 7.92. The van der Waals surface area contributed by atoms with Gasteiger partial charge in [0.25, 0.3) is 0 Å². The molecule has 0 radical (unpaired) electrons. The van der Waals surface area contributed by atoms with Gasteiger partial charge in [-0.3, -0.25) is 4.79 Å². The van der Waals surface area contributed by atoms with Crippen molar-refractivity contribution < 1.29 is 9.90 Å². The topological polar surface area (TPSA) is 52.6 Å². The zero-order valence-corrected chi connectivity index (χ0v) is 15.5. The molecule has 3 rings (SSSR count). The summed E-state index contributed by atoms with van der Waals surface area (Å²) in [5.74, 6) is 0.371. The number of hydrogen-bond donors (Lipinski definition) is 2. The summed E-state index contributed by atoms with van der Waals surface area (Å²) in [6.07, 6.45) is 7.32. The Morgan fingerprint density at radius 1 is 1.12 bits per heavy atom. The molecule has 1 aliphatic carbocycles. The smallest absolute Gasteiger partial charge is 0.223 e. The molecule has 0 unspecified atom stereocenters. The highest BCUT2D eigenvalue weighted by atomic mass is 35.5. The Morgan fingerprint density at radius 3 is 2.40 bits per heavy atom. The van der Waals surface area contributed by atoms with Crippen LogP contribution in [0.3, 0.4) is 0 Å². The summed E-state index contributed by atoms with van der Waals surface area (Å²) >= 11 is 5.89. The van der Waals surface area contributed by atoms with E-state index in [1.54, 1.807) is 0 Å². The lowest BCUT2D eigenvalue weighted by molar-refractivity contribution is -0.127. The van der Waals surface area contributed by atoms with Crippen LogP contribution >= 0.6 is 11.6 Å². The molecule has 4 nitrogen and oxygen atoms in total. The SMILES string of the molecule is O=C(NC1CCCCC1)C1CCN(C[C@H](O)c2ccc(Cl)cc2)CC1. The molecule has 1 aromatic carbocycles. The number of carbonyl (C=O) groups is 1. The lowest BCUT2D eigenvalue weighted by Crippen LogP contribution is -2.45. The van der Waals surface area contributed by atoms with Gasteiger partial charge < -0.3 is 15.3 Å². The maximum absolute atomic E-state index is 12.5. The van der Waals surface area contributed by atoms with Gasteiger partial charge in [0, 0.05) is 23.5 Å². The molecule has 1 heterocycles. The first-order valence-corrected chi connectivity index (χ1v) is 9.96. The monoisotopic (exact) mass is 364 g/mol. The number of likely N-dealkylation sites (tertiary alicyclic amines) is 1. The molecular weight excluding hydrogens is 336 g/mol. The van der Waals surface area contributed by atoms with Gasteiger partial charge >= 0.3 is 0 Å². The van der Waals surface area contributed by atoms with Crippen molar-refractivity contribution in [1.82, 2.24) is 10.2 Å². The molecule has 1 saturated heterocycles. The minimum Gasteiger partial charge on any atom is -0.387 e. The Labute approximate surface area is 155 Å². The number of β-amino-alcohol motifs (C(OH)–C–C–N with tert-alkyl or cyclic N) is 1. The highest BCUT2D eigenvalue weighted by Crippen LogP contribution is 2.23. The molecule has 1 saturated carbocycles. The van der Waals surface area contributed by atoms with Gasteiger partial charge in [0.2, 0.25) is 5.91 Å². The molecule has 5 heteroatoms. The summed E-state index contributed by atoms with van der Waals surface area (Å²) in [6.45, 7) is 2.35. The van der Waals surface area contributed by atoms with Crippen molar-refractivity contribution >= 4 is 17.5 Å². The Hall–Kier alpha value is -1.10. The summed E-state index contributed by atoms with van der Waals surface area (Å²) < 4.78 is 0. The second-order valence-electron chi connectivity index (χ2n) is 7.49. The second kappa shape index (κ2) is 9.02. The van der Waals surface area contributed by atoms with Gasteiger partial charge in [0.1, 0.15) is 0 Å². The molecule has 25 heavy (non-hydrogen) atoms. The van der Waals surface area contributed by atoms with Crippen LogP contribution in [0.5, 0.6) is 0 Å². The lowest BCUT2D eigenvalue weighted by atomic mass is 9.92. The molecule has 0 bridgehead atoms. The molecule has 2 fully saturated rings. The van der Waals surface area contributed by atoms with Gasteiger partial charge in [-0.2, -0.15) is 0 Å². The van der Waals surface area contributed by atoms with Gasteiger partial charge in [-0.15, -0.1) is 0 Å². The molecule has 2 aliphatic rings. The normalized spacial score (nSPS) is 21.8. The van der Waals surface area contributed by atoms with Crippen molar-refractivity contribution in [2.45, 2.75) is 57.1 Å². The highest BCUT2D eigenvalue weighted by molar-refractivity contribution is 6.30. The van der Waals surface area contributed by atoms with Crippen LogP contribution < -0.4 is 5.32 Å². The third-order valence-corrected chi connectivity index (χ3v) is 5.85. The van der Waals surface area contributed by atoms with Crippen molar-refractivity contribution in [3.8, 4) is 0 Å². The minimum atomic E-state index is -0.509. The third kappa shape index (κ3) is 5.44. The van der Waals surface area contributed by atoms with Crippen LogP contribution in [0.25, 0.3) is 0 Å². The van der Waals surface area contributed by atoms with E-state index >= 15 is 0 Å². The van der Waals surface area contributed by atoms with Crippen molar-refractivity contribution in [2.24, 2.45) is 5.92 Å². The Balaban J connectivity index is 1.41. The van der Waals surface area contributed by atoms with Crippen LogP contribution in [0.4, 0.5) is 0 Å². The Bertz CT molecular complexity index is 549. The minimum absolute atomic E-state index is 0.130. The van der Waals surface area contributed by atoms with Gasteiger partial charge in [-0.25, -0.2) is 0 Å². The Kier molecular flexibility index (Phi) is 6.74. The number of nitrogens with one attached hydrogen (secondary N) is 1. The molecule has 2 N–H and O–H groups in total. The summed E-state index contributed by atoms with van der Waals surface area (Å²) in [5, 5.41) is 14.3. The predicted molar refractivity (Wildman–Crippen MR) is 101 cm³/mol. The van der Waals surface area contributed by atoms with E-state index in [2.05, 4.69) is 10.2 Å². The number of rotatable bonds is 5. The number of carbonyl (C=O) groups excluding carboxylic acids is 1. The maximum Gasteiger partial charge on any atom is 0.223 e. The van der Waals surface area contributed by atoms with E-state index in [-0.39, 0.29) is 11.8 Å². The highest BCUT2D eigenvalue weighted by Gasteiger charge is 2.27. The first-order chi connectivity index (χ1) is 12.1. The van der Waals surface area contributed by atoms with Gasteiger partial charge in [-0.1, -0.05) is 43.0 Å². The van der Waals surface area contributed by atoms with Gasteiger partial charge in [0.05, 0.1) is 6.10 Å². The van der Waals surface area contributed by atoms with Crippen molar-refractivity contribution in [1.29, 1.82) is 0 Å². The molecular formula is C20H29ClN2O2. The number of halogens is 1. The standard InChI is InChI=1S/C20H29ClN2O2/c21-17-8-6-15(7-9-17)19(24)14-23-12-10-16(11-13-23)20(25)22-18-4-2-1-3-5-18/h6-9,16,18-19,24H,1-5,10-14H2,(H,22,25)/t19-/m0/s1. The predicted octanol–water partition coefficient (Wildman–Crippen LogP) is 3.53. The van der Waals surface area contributed by atoms with Crippen molar-refractivity contribution in [2.75, 3.05) is 19.6 Å². The van der Waals surface area contributed by atoms with E-state index < -0.39 is 6.10 Å². The average Bonchev–Trinajstić information content (AvgIpc) is 2.63. The zero-order valence-electron chi connectivity index (χ0n) is 14.8. The summed E-state index contributed by atoms with van der Waals surface area (Å²) in [6, 6.07) is 7.75. The first-order valence-electron chi connectivity index (χ1n) is 9.58. The first kappa shape index (κ1) is 18.7. The number of amides is 1. The van der Waals surface area contributed by atoms with E-state index in [9.17, 15) is 9.90 Å². The fourth-order valence-corrected chi connectivity index (χ4v) is 4.10. The number of nitrogens with zero attached hydrogens (tertiary/aromatic N) is 1. The van der Waals surface area contributed by atoms with Crippen LogP contribution in [0, 0.1) is 5.92 Å². The largest absolute Gasteiger partial charge is 0.387 e. The number of piperidine rings is 1. The maximum atomic E-state index is 12.5. The number of aliphatic hydroxyl groups excluding tert-OH is 1. The summed E-state index contributed by atoms with van der Waals surface area (Å²) in [7, 11) is 0. The van der Waals surface area contributed by atoms with Crippen LogP contribution in [-0.2, 0) is 4.79 Å².